The number of imide groups is 1. The largest absolute Gasteiger partial charge is 0.405 e. The first-order valence-electron chi connectivity index (χ1n) is 2.93. The molecule has 2 N–H and O–H groups in total. The SMILES string of the molecule is CC(=O)NC(=O)NCC(F)(F)F. The van der Waals surface area contributed by atoms with Gasteiger partial charge in [0.05, 0.1) is 0 Å². The second-order valence-corrected chi connectivity index (χ2v) is 1.98. The molecule has 0 saturated heterocycles. The first-order chi connectivity index (χ1) is 5.31. The lowest BCUT2D eigenvalue weighted by Crippen LogP contribution is -2.42. The van der Waals surface area contributed by atoms with Gasteiger partial charge < -0.3 is 5.32 Å². The molecule has 70 valence electrons. The van der Waals surface area contributed by atoms with E-state index in [4.69, 9.17) is 0 Å². The molecule has 0 aliphatic rings. The Morgan fingerprint density at radius 1 is 1.33 bits per heavy atom. The van der Waals surface area contributed by atoms with E-state index >= 15 is 0 Å². The van der Waals surface area contributed by atoms with Crippen molar-refractivity contribution in [1.82, 2.24) is 10.6 Å². The van der Waals surface area contributed by atoms with Gasteiger partial charge in [0.2, 0.25) is 5.91 Å². The summed E-state index contributed by atoms with van der Waals surface area (Å²) in [5, 5.41) is 3.08. The fourth-order valence-corrected chi connectivity index (χ4v) is 0.385. The number of carbonyl (C=O) groups is 2. The van der Waals surface area contributed by atoms with Crippen molar-refractivity contribution < 1.29 is 22.8 Å². The summed E-state index contributed by atoms with van der Waals surface area (Å²) >= 11 is 0. The highest BCUT2D eigenvalue weighted by molar-refractivity contribution is 5.92. The summed E-state index contributed by atoms with van der Waals surface area (Å²) in [6.07, 6.45) is -4.46. The molecular formula is C5H7F3N2O2. The number of alkyl halides is 3. The predicted molar refractivity (Wildman–Crippen MR) is 33.3 cm³/mol. The molecule has 7 heteroatoms. The number of nitrogens with one attached hydrogen (secondary N) is 2. The Balaban J connectivity index is 3.65. The zero-order valence-electron chi connectivity index (χ0n) is 6.16. The van der Waals surface area contributed by atoms with Gasteiger partial charge in [-0.2, -0.15) is 13.2 Å². The van der Waals surface area contributed by atoms with Crippen LogP contribution >= 0.6 is 0 Å². The fraction of sp³-hybridized carbons (Fsp3) is 0.600. The second kappa shape index (κ2) is 3.93. The van der Waals surface area contributed by atoms with E-state index < -0.39 is 24.7 Å². The standard InChI is InChI=1S/C5H7F3N2O2/c1-3(11)10-4(12)9-2-5(6,7)8/h2H2,1H3,(H2,9,10,11,12). The summed E-state index contributed by atoms with van der Waals surface area (Å²) in [6.45, 7) is -0.431. The van der Waals surface area contributed by atoms with Crippen LogP contribution in [0.3, 0.4) is 0 Å². The quantitative estimate of drug-likeness (QED) is 0.619. The molecule has 0 aromatic heterocycles. The van der Waals surface area contributed by atoms with Crippen molar-refractivity contribution in [3.05, 3.63) is 0 Å². The molecule has 0 heterocycles. The van der Waals surface area contributed by atoms with Crippen LogP contribution in [0.4, 0.5) is 18.0 Å². The minimum absolute atomic E-state index is 0.713. The van der Waals surface area contributed by atoms with E-state index in [-0.39, 0.29) is 0 Å². The lowest BCUT2D eigenvalue weighted by molar-refractivity contribution is -0.124. The minimum atomic E-state index is -4.46. The Labute approximate surface area is 66.1 Å². The van der Waals surface area contributed by atoms with Gasteiger partial charge in [0.15, 0.2) is 0 Å². The fourth-order valence-electron chi connectivity index (χ4n) is 0.385. The Bertz CT molecular complexity index is 190. The highest BCUT2D eigenvalue weighted by Gasteiger charge is 2.27. The number of amides is 3. The van der Waals surface area contributed by atoms with E-state index in [1.807, 2.05) is 0 Å². The average molecular weight is 184 g/mol. The summed E-state index contributed by atoms with van der Waals surface area (Å²) in [5.74, 6) is -0.713. The first-order valence-corrected chi connectivity index (χ1v) is 2.93. The van der Waals surface area contributed by atoms with Crippen molar-refractivity contribution in [1.29, 1.82) is 0 Å². The highest BCUT2D eigenvalue weighted by Crippen LogP contribution is 2.11. The summed E-state index contributed by atoms with van der Waals surface area (Å²) in [4.78, 5) is 20.5. The number of hydrogen-bond donors (Lipinski definition) is 2. The average Bonchev–Trinajstić information content (AvgIpc) is 1.80. The van der Waals surface area contributed by atoms with Crippen molar-refractivity contribution in [3.8, 4) is 0 Å². The molecule has 0 atom stereocenters. The van der Waals surface area contributed by atoms with Crippen molar-refractivity contribution in [2.24, 2.45) is 0 Å². The number of hydrogen-bond acceptors (Lipinski definition) is 2. The summed E-state index contributed by atoms with van der Waals surface area (Å²) in [5.41, 5.74) is 0. The molecule has 0 fully saturated rings. The van der Waals surface area contributed by atoms with Gasteiger partial charge in [-0.25, -0.2) is 4.79 Å². The van der Waals surface area contributed by atoms with Crippen molar-refractivity contribution in [3.63, 3.8) is 0 Å². The Morgan fingerprint density at radius 3 is 2.17 bits per heavy atom. The van der Waals surface area contributed by atoms with E-state index in [9.17, 15) is 22.8 Å². The van der Waals surface area contributed by atoms with Crippen molar-refractivity contribution in [2.45, 2.75) is 13.1 Å². The lowest BCUT2D eigenvalue weighted by Gasteiger charge is -2.07. The van der Waals surface area contributed by atoms with Gasteiger partial charge in [0, 0.05) is 6.92 Å². The van der Waals surface area contributed by atoms with E-state index in [1.54, 1.807) is 5.32 Å². The van der Waals surface area contributed by atoms with Gasteiger partial charge in [-0.15, -0.1) is 0 Å². The monoisotopic (exact) mass is 184 g/mol. The minimum Gasteiger partial charge on any atom is -0.329 e. The highest BCUT2D eigenvalue weighted by atomic mass is 19.4. The molecule has 0 aromatic rings. The lowest BCUT2D eigenvalue weighted by atomic mass is 10.6. The normalized spacial score (nSPS) is 10.7. The molecule has 0 unspecified atom stereocenters. The second-order valence-electron chi connectivity index (χ2n) is 1.98. The van der Waals surface area contributed by atoms with Crippen LogP contribution in [0.5, 0.6) is 0 Å². The first kappa shape index (κ1) is 10.7. The van der Waals surface area contributed by atoms with Crippen LogP contribution in [-0.2, 0) is 4.79 Å². The number of carbonyl (C=O) groups excluding carboxylic acids is 2. The third-order valence-corrected chi connectivity index (χ3v) is 0.739. The molecule has 0 aliphatic heterocycles. The summed E-state index contributed by atoms with van der Waals surface area (Å²) in [6, 6.07) is -1.15. The van der Waals surface area contributed by atoms with Gasteiger partial charge in [-0.3, -0.25) is 10.1 Å². The molecular weight excluding hydrogens is 177 g/mol. The Hall–Kier alpha value is -1.27. The van der Waals surface area contributed by atoms with Crippen LogP contribution in [0, 0.1) is 0 Å². The molecule has 0 bridgehead atoms. The van der Waals surface area contributed by atoms with Crippen LogP contribution in [0.15, 0.2) is 0 Å². The Kier molecular flexibility index (Phi) is 3.52. The molecule has 0 spiro atoms. The molecule has 0 radical (unpaired) electrons. The maximum atomic E-state index is 11.4. The maximum Gasteiger partial charge on any atom is 0.405 e. The predicted octanol–water partition coefficient (Wildman–Crippen LogP) is 0.394. The summed E-state index contributed by atoms with van der Waals surface area (Å²) < 4.78 is 34.3. The van der Waals surface area contributed by atoms with Crippen LogP contribution in [0.25, 0.3) is 0 Å². The van der Waals surface area contributed by atoms with E-state index in [2.05, 4.69) is 0 Å². The van der Waals surface area contributed by atoms with Crippen LogP contribution in [0.1, 0.15) is 6.92 Å². The zero-order chi connectivity index (χ0) is 9.78. The Morgan fingerprint density at radius 2 is 1.83 bits per heavy atom. The number of urea groups is 1. The molecule has 3 amide bonds. The van der Waals surface area contributed by atoms with Gasteiger partial charge in [0.1, 0.15) is 6.54 Å². The topological polar surface area (TPSA) is 58.2 Å². The van der Waals surface area contributed by atoms with Crippen LogP contribution < -0.4 is 10.6 Å². The maximum absolute atomic E-state index is 11.4. The third-order valence-electron chi connectivity index (χ3n) is 0.739. The number of halogens is 3. The van der Waals surface area contributed by atoms with Gasteiger partial charge >= 0.3 is 12.2 Å². The molecule has 0 aliphatic carbocycles. The zero-order valence-corrected chi connectivity index (χ0v) is 6.16. The van der Waals surface area contributed by atoms with E-state index in [0.717, 1.165) is 6.92 Å². The molecule has 0 saturated carbocycles. The van der Waals surface area contributed by atoms with Crippen molar-refractivity contribution in [2.75, 3.05) is 6.54 Å². The van der Waals surface area contributed by atoms with Crippen LogP contribution in [-0.4, -0.2) is 24.7 Å². The van der Waals surface area contributed by atoms with Gasteiger partial charge in [-0.1, -0.05) is 0 Å². The van der Waals surface area contributed by atoms with Crippen molar-refractivity contribution >= 4 is 11.9 Å². The molecule has 4 nitrogen and oxygen atoms in total. The smallest absolute Gasteiger partial charge is 0.329 e. The van der Waals surface area contributed by atoms with Gasteiger partial charge in [0.25, 0.3) is 0 Å². The molecule has 0 aromatic carbocycles. The third kappa shape index (κ3) is 6.84. The summed E-state index contributed by atoms with van der Waals surface area (Å²) in [7, 11) is 0. The van der Waals surface area contributed by atoms with Gasteiger partial charge in [-0.05, 0) is 0 Å². The molecule has 0 rings (SSSR count). The number of rotatable bonds is 1. The molecule has 12 heavy (non-hydrogen) atoms. The van der Waals surface area contributed by atoms with E-state index in [0.29, 0.717) is 0 Å². The van der Waals surface area contributed by atoms with E-state index in [1.165, 1.54) is 5.32 Å². The van der Waals surface area contributed by atoms with Crippen LogP contribution in [0.2, 0.25) is 0 Å².